The van der Waals surface area contributed by atoms with Gasteiger partial charge in [-0.1, -0.05) is 5.16 Å². The molecule has 1 aromatic heterocycles. The smallest absolute Gasteiger partial charge is 0.311 e. The van der Waals surface area contributed by atoms with E-state index in [4.69, 9.17) is 9.26 Å². The van der Waals surface area contributed by atoms with E-state index in [2.05, 4.69) is 10.5 Å². The Morgan fingerprint density at radius 3 is 2.58 bits per heavy atom. The summed E-state index contributed by atoms with van der Waals surface area (Å²) in [6, 6.07) is 0. The van der Waals surface area contributed by atoms with Crippen LogP contribution in [0.5, 0.6) is 0 Å². The Balaban J connectivity index is 2.20. The predicted molar refractivity (Wildman–Crippen MR) is 70.9 cm³/mol. The van der Waals surface area contributed by atoms with Crippen LogP contribution in [-0.2, 0) is 9.53 Å². The molecule has 0 spiro atoms. The van der Waals surface area contributed by atoms with Crippen molar-refractivity contribution in [3.05, 3.63) is 17.0 Å². The van der Waals surface area contributed by atoms with Crippen molar-refractivity contribution in [2.24, 2.45) is 5.92 Å². The molecule has 0 bridgehead atoms. The van der Waals surface area contributed by atoms with Crippen molar-refractivity contribution in [1.29, 1.82) is 0 Å². The molecule has 19 heavy (non-hydrogen) atoms. The van der Waals surface area contributed by atoms with Gasteiger partial charge in [-0.05, 0) is 34.6 Å². The number of carbonyl (C=O) groups excluding carboxylic acids is 1. The topological polar surface area (TPSA) is 64.4 Å². The highest BCUT2D eigenvalue weighted by Gasteiger charge is 2.39. The largest absolute Gasteiger partial charge is 0.460 e. The number of esters is 1. The number of nitrogens with one attached hydrogen (secondary N) is 1. The van der Waals surface area contributed by atoms with Crippen LogP contribution in [0.25, 0.3) is 0 Å². The molecule has 2 atom stereocenters. The van der Waals surface area contributed by atoms with Gasteiger partial charge in [-0.3, -0.25) is 4.79 Å². The molecule has 1 aliphatic heterocycles. The van der Waals surface area contributed by atoms with Crippen molar-refractivity contribution in [3.8, 4) is 0 Å². The maximum atomic E-state index is 12.3. The molecule has 1 aliphatic rings. The Kier molecular flexibility index (Phi) is 3.67. The number of carbonyl (C=O) groups is 1. The minimum Gasteiger partial charge on any atom is -0.460 e. The van der Waals surface area contributed by atoms with E-state index >= 15 is 0 Å². The minimum absolute atomic E-state index is 0.0844. The molecule has 2 heterocycles. The van der Waals surface area contributed by atoms with E-state index in [1.54, 1.807) is 0 Å². The molecule has 5 nitrogen and oxygen atoms in total. The zero-order valence-electron chi connectivity index (χ0n) is 12.2. The Labute approximate surface area is 113 Å². The molecule has 2 rings (SSSR count). The second kappa shape index (κ2) is 4.96. The van der Waals surface area contributed by atoms with Gasteiger partial charge in [-0.25, -0.2) is 0 Å². The predicted octanol–water partition coefficient (Wildman–Crippen LogP) is 1.94. The van der Waals surface area contributed by atoms with Crippen molar-refractivity contribution >= 4 is 5.97 Å². The highest BCUT2D eigenvalue weighted by atomic mass is 16.6. The number of aryl methyl sites for hydroxylation is 2. The lowest BCUT2D eigenvalue weighted by molar-refractivity contribution is -0.159. The summed E-state index contributed by atoms with van der Waals surface area (Å²) in [5.41, 5.74) is 1.45. The molecule has 0 aliphatic carbocycles. The summed E-state index contributed by atoms with van der Waals surface area (Å²) in [5, 5.41) is 7.24. The van der Waals surface area contributed by atoms with Crippen LogP contribution in [-0.4, -0.2) is 29.8 Å². The number of ether oxygens (including phenoxy) is 1. The molecule has 0 amide bonds. The third-order valence-corrected chi connectivity index (χ3v) is 3.38. The molecular formula is C14H22N2O3. The average Bonchev–Trinajstić information content (AvgIpc) is 2.83. The van der Waals surface area contributed by atoms with Gasteiger partial charge in [-0.2, -0.15) is 0 Å². The SMILES string of the molecule is Cc1noc(C)c1C1CNCC1C(=O)OC(C)(C)C. The minimum atomic E-state index is -0.455. The van der Waals surface area contributed by atoms with Gasteiger partial charge in [0.2, 0.25) is 0 Å². The molecule has 5 heteroatoms. The van der Waals surface area contributed by atoms with Crippen LogP contribution in [0.15, 0.2) is 4.52 Å². The van der Waals surface area contributed by atoms with Gasteiger partial charge in [-0.15, -0.1) is 0 Å². The maximum Gasteiger partial charge on any atom is 0.311 e. The summed E-state index contributed by atoms with van der Waals surface area (Å²) < 4.78 is 10.7. The van der Waals surface area contributed by atoms with Crippen molar-refractivity contribution in [2.75, 3.05) is 13.1 Å². The average molecular weight is 266 g/mol. The number of aromatic nitrogens is 1. The third-order valence-electron chi connectivity index (χ3n) is 3.38. The molecule has 0 saturated carbocycles. The van der Waals surface area contributed by atoms with Crippen molar-refractivity contribution in [1.82, 2.24) is 10.5 Å². The summed E-state index contributed by atoms with van der Waals surface area (Å²) in [7, 11) is 0. The fourth-order valence-electron chi connectivity index (χ4n) is 2.63. The maximum absolute atomic E-state index is 12.3. The van der Waals surface area contributed by atoms with Crippen molar-refractivity contribution in [2.45, 2.75) is 46.1 Å². The first-order chi connectivity index (χ1) is 8.79. The zero-order chi connectivity index (χ0) is 14.2. The van der Waals surface area contributed by atoms with Gasteiger partial charge in [0, 0.05) is 24.6 Å². The van der Waals surface area contributed by atoms with Gasteiger partial charge >= 0.3 is 5.97 Å². The summed E-state index contributed by atoms with van der Waals surface area (Å²) in [4.78, 5) is 12.3. The molecular weight excluding hydrogens is 244 g/mol. The Hall–Kier alpha value is -1.36. The van der Waals surface area contributed by atoms with Crippen LogP contribution in [0.2, 0.25) is 0 Å². The van der Waals surface area contributed by atoms with E-state index < -0.39 is 5.60 Å². The quantitative estimate of drug-likeness (QED) is 0.829. The van der Waals surface area contributed by atoms with Gasteiger partial charge in [0.05, 0.1) is 11.6 Å². The fraction of sp³-hybridized carbons (Fsp3) is 0.714. The highest BCUT2D eigenvalue weighted by Crippen LogP contribution is 2.33. The summed E-state index contributed by atoms with van der Waals surface area (Å²) in [5.74, 6) is 0.555. The Bertz CT molecular complexity index is 454. The molecule has 106 valence electrons. The van der Waals surface area contributed by atoms with Crippen LogP contribution in [0.3, 0.4) is 0 Å². The molecule has 1 fully saturated rings. The van der Waals surface area contributed by atoms with Crippen LogP contribution in [0, 0.1) is 19.8 Å². The first-order valence-corrected chi connectivity index (χ1v) is 6.66. The molecule has 1 aromatic rings. The van der Waals surface area contributed by atoms with Crippen molar-refractivity contribution < 1.29 is 14.1 Å². The van der Waals surface area contributed by atoms with E-state index in [0.717, 1.165) is 23.6 Å². The lowest BCUT2D eigenvalue weighted by atomic mass is 9.87. The molecule has 1 N–H and O–H groups in total. The van der Waals surface area contributed by atoms with Crippen LogP contribution in [0.1, 0.15) is 43.7 Å². The van der Waals surface area contributed by atoms with E-state index in [9.17, 15) is 4.79 Å². The number of hydrogen-bond acceptors (Lipinski definition) is 5. The van der Waals surface area contributed by atoms with Gasteiger partial charge in [0.15, 0.2) is 0 Å². The second-order valence-corrected chi connectivity index (χ2v) is 6.14. The third kappa shape index (κ3) is 2.97. The zero-order valence-corrected chi connectivity index (χ0v) is 12.2. The van der Waals surface area contributed by atoms with Crippen LogP contribution in [0.4, 0.5) is 0 Å². The summed E-state index contributed by atoms with van der Waals surface area (Å²) in [6.45, 7) is 10.9. The monoisotopic (exact) mass is 266 g/mol. The molecule has 2 unspecified atom stereocenters. The van der Waals surface area contributed by atoms with E-state index in [0.29, 0.717) is 6.54 Å². The number of hydrogen-bond donors (Lipinski definition) is 1. The highest BCUT2D eigenvalue weighted by molar-refractivity contribution is 5.75. The first kappa shape index (κ1) is 14.1. The Morgan fingerprint density at radius 2 is 2.05 bits per heavy atom. The first-order valence-electron chi connectivity index (χ1n) is 6.66. The Morgan fingerprint density at radius 1 is 1.37 bits per heavy atom. The molecule has 1 saturated heterocycles. The van der Waals surface area contributed by atoms with Crippen molar-refractivity contribution in [3.63, 3.8) is 0 Å². The molecule has 0 aromatic carbocycles. The second-order valence-electron chi connectivity index (χ2n) is 6.14. The van der Waals surface area contributed by atoms with Crippen LogP contribution < -0.4 is 5.32 Å². The summed E-state index contributed by atoms with van der Waals surface area (Å²) >= 11 is 0. The van der Waals surface area contributed by atoms with E-state index in [1.807, 2.05) is 34.6 Å². The van der Waals surface area contributed by atoms with Gasteiger partial charge in [0.25, 0.3) is 0 Å². The standard InChI is InChI=1S/C14H22N2O3/c1-8-12(9(2)19-16-8)10-6-15-7-11(10)13(17)18-14(3,4)5/h10-11,15H,6-7H2,1-5H3. The normalized spacial score (nSPS) is 23.6. The van der Waals surface area contributed by atoms with E-state index in [1.165, 1.54) is 0 Å². The number of nitrogens with zero attached hydrogens (tertiary/aromatic N) is 1. The van der Waals surface area contributed by atoms with Crippen LogP contribution >= 0.6 is 0 Å². The lowest BCUT2D eigenvalue weighted by Gasteiger charge is -2.24. The molecule has 0 radical (unpaired) electrons. The summed E-state index contributed by atoms with van der Waals surface area (Å²) in [6.07, 6.45) is 0. The van der Waals surface area contributed by atoms with E-state index in [-0.39, 0.29) is 17.8 Å². The van der Waals surface area contributed by atoms with Gasteiger partial charge in [0.1, 0.15) is 11.4 Å². The lowest BCUT2D eigenvalue weighted by Crippen LogP contribution is -2.32. The fourth-order valence-corrected chi connectivity index (χ4v) is 2.63. The number of rotatable bonds is 2. The van der Waals surface area contributed by atoms with Gasteiger partial charge < -0.3 is 14.6 Å².